The second kappa shape index (κ2) is 8.87. The monoisotopic (exact) mass is 431 g/mol. The number of benzene rings is 2. The number of halogens is 1. The maximum atomic E-state index is 11.7. The van der Waals surface area contributed by atoms with E-state index in [0.29, 0.717) is 22.1 Å². The minimum absolute atomic E-state index is 0.0875. The fourth-order valence-electron chi connectivity index (χ4n) is 2.44. The van der Waals surface area contributed by atoms with Gasteiger partial charge in [-0.1, -0.05) is 11.6 Å². The van der Waals surface area contributed by atoms with E-state index in [4.69, 9.17) is 16.3 Å². The smallest absolute Gasteiger partial charge is 0.355 e. The first-order chi connectivity index (χ1) is 14.4. The molecule has 0 fully saturated rings. The Bertz CT molecular complexity index is 1090. The van der Waals surface area contributed by atoms with E-state index in [9.17, 15) is 20.2 Å². The van der Waals surface area contributed by atoms with Crippen molar-refractivity contribution in [3.8, 4) is 5.75 Å². The van der Waals surface area contributed by atoms with Crippen molar-refractivity contribution < 1.29 is 14.6 Å². The van der Waals surface area contributed by atoms with Gasteiger partial charge in [0.15, 0.2) is 0 Å². The molecule has 0 amide bonds. The summed E-state index contributed by atoms with van der Waals surface area (Å²) in [6.45, 7) is 0. The number of rotatable bonds is 8. The number of nitrogens with one attached hydrogen (secondary N) is 3. The molecule has 0 atom stereocenters. The third kappa shape index (κ3) is 4.62. The summed E-state index contributed by atoms with van der Waals surface area (Å²) in [7, 11) is 1.45. The number of hydrogen-bond donors (Lipinski definition) is 3. The molecule has 1 aromatic heterocycles. The van der Waals surface area contributed by atoms with Crippen LogP contribution in [0.15, 0.2) is 48.8 Å². The largest absolute Gasteiger partial charge is 0.495 e. The molecule has 0 bridgehead atoms. The van der Waals surface area contributed by atoms with Crippen molar-refractivity contribution in [3.05, 3.63) is 74.0 Å². The van der Waals surface area contributed by atoms with Crippen LogP contribution >= 0.6 is 11.6 Å². The van der Waals surface area contributed by atoms with Crippen LogP contribution in [0.5, 0.6) is 5.75 Å². The van der Waals surface area contributed by atoms with Gasteiger partial charge in [-0.05, 0) is 30.3 Å². The van der Waals surface area contributed by atoms with Gasteiger partial charge < -0.3 is 10.1 Å². The topological polar surface area (TPSA) is 157 Å². The van der Waals surface area contributed by atoms with Crippen molar-refractivity contribution in [2.45, 2.75) is 0 Å². The number of nitro groups is 2. The van der Waals surface area contributed by atoms with Gasteiger partial charge in [-0.25, -0.2) is 9.97 Å². The Morgan fingerprint density at radius 3 is 2.30 bits per heavy atom. The summed E-state index contributed by atoms with van der Waals surface area (Å²) in [6, 6.07) is 10.2. The van der Waals surface area contributed by atoms with E-state index >= 15 is 0 Å². The Kier molecular flexibility index (Phi) is 6.08. The molecule has 0 spiro atoms. The maximum absolute atomic E-state index is 11.7. The highest BCUT2D eigenvalue weighted by atomic mass is 35.5. The summed E-state index contributed by atoms with van der Waals surface area (Å²) in [5.41, 5.74) is 5.60. The highest BCUT2D eigenvalue weighted by Crippen LogP contribution is 2.35. The molecule has 3 rings (SSSR count). The molecule has 0 aliphatic carbocycles. The van der Waals surface area contributed by atoms with Crippen molar-refractivity contribution in [1.82, 2.24) is 9.97 Å². The Hall–Kier alpha value is -4.19. The number of aromatic nitrogens is 2. The lowest BCUT2D eigenvalue weighted by atomic mass is 10.3. The Morgan fingerprint density at radius 1 is 0.967 bits per heavy atom. The van der Waals surface area contributed by atoms with Gasteiger partial charge in [-0.3, -0.25) is 31.1 Å². The number of nitro benzene ring substituents is 1. The number of nitrogens with zero attached hydrogens (tertiary/aromatic N) is 4. The predicted octanol–water partition coefficient (Wildman–Crippen LogP) is 4.14. The van der Waals surface area contributed by atoms with Crippen LogP contribution in [-0.2, 0) is 0 Å². The first-order valence-corrected chi connectivity index (χ1v) is 8.63. The fraction of sp³-hybridized carbons (Fsp3) is 0.0588. The molecule has 2 aromatic carbocycles. The third-order valence-electron chi connectivity index (χ3n) is 3.82. The van der Waals surface area contributed by atoms with E-state index in [1.54, 1.807) is 12.1 Å². The second-order valence-corrected chi connectivity index (χ2v) is 6.14. The average Bonchev–Trinajstić information content (AvgIpc) is 2.72. The Labute approximate surface area is 174 Å². The van der Waals surface area contributed by atoms with E-state index in [1.807, 2.05) is 0 Å². The number of non-ortho nitro benzene ring substituents is 1. The highest BCUT2D eigenvalue weighted by molar-refractivity contribution is 6.31. The lowest BCUT2D eigenvalue weighted by molar-refractivity contribution is -0.384. The van der Waals surface area contributed by atoms with Crippen LogP contribution in [0, 0.1) is 20.2 Å². The molecule has 3 aromatic rings. The summed E-state index contributed by atoms with van der Waals surface area (Å²) in [4.78, 5) is 29.0. The van der Waals surface area contributed by atoms with Crippen LogP contribution in [-0.4, -0.2) is 26.9 Å². The van der Waals surface area contributed by atoms with E-state index in [2.05, 4.69) is 26.1 Å². The van der Waals surface area contributed by atoms with Gasteiger partial charge in [0, 0.05) is 17.2 Å². The summed E-state index contributed by atoms with van der Waals surface area (Å²) in [5, 5.41) is 25.6. The molecule has 13 heteroatoms. The zero-order valence-electron chi connectivity index (χ0n) is 15.3. The molecule has 0 saturated heterocycles. The van der Waals surface area contributed by atoms with Crippen LogP contribution in [0.1, 0.15) is 0 Å². The summed E-state index contributed by atoms with van der Waals surface area (Å²) >= 11 is 6.00. The Morgan fingerprint density at radius 2 is 1.67 bits per heavy atom. The van der Waals surface area contributed by atoms with Gasteiger partial charge in [0.1, 0.15) is 12.1 Å². The van der Waals surface area contributed by atoms with E-state index in [0.717, 1.165) is 6.33 Å². The van der Waals surface area contributed by atoms with Gasteiger partial charge >= 0.3 is 5.69 Å². The molecule has 1 heterocycles. The molecular weight excluding hydrogens is 418 g/mol. The van der Waals surface area contributed by atoms with Gasteiger partial charge in [-0.15, -0.1) is 0 Å². The molecular formula is C17H14ClN7O5. The summed E-state index contributed by atoms with van der Waals surface area (Å²) in [5.74, 6) is 0.186. The van der Waals surface area contributed by atoms with Gasteiger partial charge in [0.05, 0.1) is 28.3 Å². The molecule has 30 heavy (non-hydrogen) atoms. The molecule has 3 N–H and O–H groups in total. The number of anilines is 4. The van der Waals surface area contributed by atoms with Crippen molar-refractivity contribution in [3.63, 3.8) is 0 Å². The predicted molar refractivity (Wildman–Crippen MR) is 110 cm³/mol. The highest BCUT2D eigenvalue weighted by Gasteiger charge is 2.24. The standard InChI is InChI=1S/C17H14ClN7O5/c1-30-14-7-2-10(18)8-13(14)21-16-15(25(28)29)17(20-9-19-16)23-22-11-3-5-12(6-4-11)24(26)27/h2-9,22H,1H3,(H2,19,20,21,23). The molecule has 0 radical (unpaired) electrons. The summed E-state index contributed by atoms with van der Waals surface area (Å²) in [6.07, 6.45) is 1.13. The van der Waals surface area contributed by atoms with Crippen LogP contribution in [0.4, 0.5) is 34.4 Å². The van der Waals surface area contributed by atoms with E-state index in [-0.39, 0.29) is 17.3 Å². The van der Waals surface area contributed by atoms with Gasteiger partial charge in [0.25, 0.3) is 5.69 Å². The van der Waals surface area contributed by atoms with Crippen LogP contribution in [0.3, 0.4) is 0 Å². The molecule has 154 valence electrons. The van der Waals surface area contributed by atoms with Crippen LogP contribution in [0.25, 0.3) is 0 Å². The number of ether oxygens (including phenoxy) is 1. The van der Waals surface area contributed by atoms with Crippen molar-refractivity contribution in [2.75, 3.05) is 23.3 Å². The zero-order chi connectivity index (χ0) is 21.7. The molecule has 0 saturated carbocycles. The zero-order valence-corrected chi connectivity index (χ0v) is 16.1. The van der Waals surface area contributed by atoms with Crippen molar-refractivity contribution in [2.24, 2.45) is 0 Å². The van der Waals surface area contributed by atoms with Crippen molar-refractivity contribution >= 4 is 46.0 Å². The molecule has 12 nitrogen and oxygen atoms in total. The molecule has 0 aliphatic heterocycles. The summed E-state index contributed by atoms with van der Waals surface area (Å²) < 4.78 is 5.22. The first kappa shape index (κ1) is 20.5. The quantitative estimate of drug-likeness (QED) is 0.349. The number of hydrazine groups is 1. The minimum Gasteiger partial charge on any atom is -0.495 e. The molecule has 0 unspecified atom stereocenters. The number of methoxy groups -OCH3 is 1. The third-order valence-corrected chi connectivity index (χ3v) is 4.06. The van der Waals surface area contributed by atoms with Gasteiger partial charge in [-0.2, -0.15) is 0 Å². The number of hydrogen-bond acceptors (Lipinski definition) is 10. The average molecular weight is 432 g/mol. The fourth-order valence-corrected chi connectivity index (χ4v) is 2.61. The van der Waals surface area contributed by atoms with Crippen LogP contribution < -0.4 is 20.9 Å². The van der Waals surface area contributed by atoms with Crippen molar-refractivity contribution in [1.29, 1.82) is 0 Å². The molecule has 0 aliphatic rings. The van der Waals surface area contributed by atoms with Gasteiger partial charge in [0.2, 0.25) is 11.6 Å². The Balaban J connectivity index is 1.87. The normalized spacial score (nSPS) is 10.2. The van der Waals surface area contributed by atoms with E-state index < -0.39 is 15.5 Å². The second-order valence-electron chi connectivity index (χ2n) is 5.70. The minimum atomic E-state index is -0.654. The lowest BCUT2D eigenvalue weighted by Gasteiger charge is -2.13. The maximum Gasteiger partial charge on any atom is 0.355 e. The van der Waals surface area contributed by atoms with Crippen LogP contribution in [0.2, 0.25) is 5.02 Å². The first-order valence-electron chi connectivity index (χ1n) is 8.25. The SMILES string of the molecule is COc1ccc(Cl)cc1Nc1ncnc(NNc2ccc([N+](=O)[O-])cc2)c1[N+](=O)[O-]. The lowest BCUT2D eigenvalue weighted by Crippen LogP contribution is -2.13. The van der Waals surface area contributed by atoms with E-state index in [1.165, 1.54) is 37.4 Å².